The lowest BCUT2D eigenvalue weighted by molar-refractivity contribution is -0.116. The van der Waals surface area contributed by atoms with Crippen LogP contribution in [0.4, 0.5) is 11.4 Å². The molecule has 3 aromatic carbocycles. The first kappa shape index (κ1) is 23.2. The number of benzene rings is 3. The van der Waals surface area contributed by atoms with E-state index in [4.69, 9.17) is 4.74 Å². The molecule has 3 aromatic rings. The Morgan fingerprint density at radius 2 is 1.57 bits per heavy atom. The first-order valence-electron chi connectivity index (χ1n) is 12.6. The smallest absolute Gasteiger partial charge is 0.163 e. The van der Waals surface area contributed by atoms with Gasteiger partial charge in [0, 0.05) is 23.3 Å². The highest BCUT2D eigenvalue weighted by Gasteiger charge is 2.37. The molecule has 1 heterocycles. The number of ketones is 1. The van der Waals surface area contributed by atoms with Gasteiger partial charge < -0.3 is 15.4 Å². The van der Waals surface area contributed by atoms with Gasteiger partial charge in [-0.05, 0) is 54.0 Å². The van der Waals surface area contributed by atoms with Gasteiger partial charge in [0.25, 0.3) is 0 Å². The second-order valence-electron chi connectivity index (χ2n) is 10.5. The number of allylic oxidation sites excluding steroid dienone is 1. The first-order valence-corrected chi connectivity index (χ1v) is 12.6. The van der Waals surface area contributed by atoms with E-state index >= 15 is 0 Å². The Bertz CT molecular complexity index is 1270. The van der Waals surface area contributed by atoms with E-state index in [2.05, 4.69) is 73.9 Å². The third-order valence-electron chi connectivity index (χ3n) is 7.09. The molecular weight excluding hydrogens is 432 g/mol. The third kappa shape index (κ3) is 4.58. The van der Waals surface area contributed by atoms with Crippen LogP contribution < -0.4 is 15.4 Å². The monoisotopic (exact) mass is 466 g/mol. The molecule has 0 bridgehead atoms. The Morgan fingerprint density at radius 3 is 2.29 bits per heavy atom. The van der Waals surface area contributed by atoms with E-state index in [1.54, 1.807) is 0 Å². The molecule has 0 spiro atoms. The summed E-state index contributed by atoms with van der Waals surface area (Å²) in [6, 6.07) is 24.8. The van der Waals surface area contributed by atoms with Crippen LogP contribution in [0.1, 0.15) is 69.2 Å². The van der Waals surface area contributed by atoms with Gasteiger partial charge in [-0.25, -0.2) is 0 Å². The van der Waals surface area contributed by atoms with Gasteiger partial charge >= 0.3 is 0 Å². The molecule has 5 rings (SSSR count). The number of fused-ring (bicyclic) bond motifs is 1. The first-order chi connectivity index (χ1) is 16.8. The highest BCUT2D eigenvalue weighted by atomic mass is 16.5. The summed E-state index contributed by atoms with van der Waals surface area (Å²) in [4.78, 5) is 13.8. The van der Waals surface area contributed by atoms with Gasteiger partial charge in [-0.2, -0.15) is 0 Å². The molecule has 0 radical (unpaired) electrons. The van der Waals surface area contributed by atoms with Gasteiger partial charge in [0.1, 0.15) is 5.75 Å². The molecule has 4 nitrogen and oxygen atoms in total. The summed E-state index contributed by atoms with van der Waals surface area (Å²) in [6.07, 6.45) is 1.29. The lowest BCUT2D eigenvalue weighted by Crippen LogP contribution is -2.27. The van der Waals surface area contributed by atoms with E-state index in [1.807, 2.05) is 37.3 Å². The summed E-state index contributed by atoms with van der Waals surface area (Å²) in [5, 5.41) is 7.30. The fourth-order valence-corrected chi connectivity index (χ4v) is 5.22. The molecule has 2 atom stereocenters. The maximum absolute atomic E-state index is 13.8. The van der Waals surface area contributed by atoms with Crippen LogP contribution in [-0.4, -0.2) is 12.4 Å². The Labute approximate surface area is 208 Å². The fraction of sp³-hybridized carbons (Fsp3) is 0.323. The van der Waals surface area contributed by atoms with Crippen molar-refractivity contribution in [1.82, 2.24) is 0 Å². The zero-order valence-electron chi connectivity index (χ0n) is 21.0. The molecular formula is C31H34N2O2. The average Bonchev–Trinajstić information content (AvgIpc) is 3.01. The zero-order chi connectivity index (χ0) is 24.6. The number of anilines is 2. The molecule has 0 saturated heterocycles. The fourth-order valence-electron chi connectivity index (χ4n) is 5.22. The van der Waals surface area contributed by atoms with Crippen LogP contribution in [0.15, 0.2) is 84.1 Å². The molecule has 1 aliphatic carbocycles. The largest absolute Gasteiger partial charge is 0.494 e. The minimum absolute atomic E-state index is 0.107. The lowest BCUT2D eigenvalue weighted by Gasteiger charge is -2.31. The number of para-hydroxylation sites is 3. The third-order valence-corrected chi connectivity index (χ3v) is 7.09. The van der Waals surface area contributed by atoms with E-state index in [0.29, 0.717) is 13.0 Å². The molecule has 0 fully saturated rings. The minimum Gasteiger partial charge on any atom is -0.494 e. The maximum Gasteiger partial charge on any atom is 0.163 e. The van der Waals surface area contributed by atoms with Crippen LogP contribution in [0.2, 0.25) is 0 Å². The number of hydrogen-bond acceptors (Lipinski definition) is 4. The van der Waals surface area contributed by atoms with Gasteiger partial charge in [0.15, 0.2) is 5.78 Å². The summed E-state index contributed by atoms with van der Waals surface area (Å²) in [5.41, 5.74) is 7.41. The number of nitrogens with one attached hydrogen (secondary N) is 2. The number of Topliss-reactive ketones (excluding diaryl/α,β-unsaturated/α-hetero) is 1. The van der Waals surface area contributed by atoms with Crippen molar-refractivity contribution in [2.24, 2.45) is 0 Å². The van der Waals surface area contributed by atoms with E-state index in [-0.39, 0.29) is 23.2 Å². The summed E-state index contributed by atoms with van der Waals surface area (Å²) in [7, 11) is 0. The second kappa shape index (κ2) is 9.26. The number of carbonyl (C=O) groups is 1. The summed E-state index contributed by atoms with van der Waals surface area (Å²) in [5.74, 6) is 1.14. The summed E-state index contributed by atoms with van der Waals surface area (Å²) < 4.78 is 5.97. The zero-order valence-corrected chi connectivity index (χ0v) is 21.0. The van der Waals surface area contributed by atoms with Gasteiger partial charge in [-0.1, -0.05) is 75.4 Å². The van der Waals surface area contributed by atoms with Crippen molar-refractivity contribution >= 4 is 17.2 Å². The van der Waals surface area contributed by atoms with Gasteiger partial charge in [-0.3, -0.25) is 4.79 Å². The number of carbonyl (C=O) groups excluding carboxylic acids is 1. The van der Waals surface area contributed by atoms with E-state index < -0.39 is 0 Å². The Morgan fingerprint density at radius 1 is 0.886 bits per heavy atom. The standard InChI is InChI=1S/C31H34N2O2/c1-5-35-28-13-9-6-10-23(28)30-29-26(32-24-11-7-8-12-25(24)33-30)18-21(19-27(29)34)20-14-16-22(17-15-20)31(2,3)4/h6-17,21,30,32-33H,5,18-19H2,1-4H3. The highest BCUT2D eigenvalue weighted by molar-refractivity contribution is 6.01. The summed E-state index contributed by atoms with van der Waals surface area (Å²) >= 11 is 0. The topological polar surface area (TPSA) is 50.4 Å². The van der Waals surface area contributed by atoms with Crippen molar-refractivity contribution in [3.63, 3.8) is 0 Å². The van der Waals surface area contributed by atoms with Crippen molar-refractivity contribution < 1.29 is 9.53 Å². The lowest BCUT2D eigenvalue weighted by atomic mass is 9.77. The second-order valence-corrected chi connectivity index (χ2v) is 10.5. The van der Waals surface area contributed by atoms with E-state index in [9.17, 15) is 4.79 Å². The number of ether oxygens (including phenoxy) is 1. The van der Waals surface area contributed by atoms with Crippen LogP contribution in [0.5, 0.6) is 5.75 Å². The van der Waals surface area contributed by atoms with Crippen molar-refractivity contribution in [3.8, 4) is 5.75 Å². The highest BCUT2D eigenvalue weighted by Crippen LogP contribution is 2.45. The molecule has 35 heavy (non-hydrogen) atoms. The molecule has 2 N–H and O–H groups in total. The number of rotatable bonds is 4. The SMILES string of the molecule is CCOc1ccccc1C1Nc2ccccc2NC2=C1C(=O)CC(c1ccc(C(C)(C)C)cc1)C2. The van der Waals surface area contributed by atoms with Crippen molar-refractivity contribution in [2.75, 3.05) is 17.2 Å². The quantitative estimate of drug-likeness (QED) is 0.422. The Hall–Kier alpha value is -3.53. The van der Waals surface area contributed by atoms with Crippen LogP contribution in [0, 0.1) is 0 Å². The van der Waals surface area contributed by atoms with E-state index in [0.717, 1.165) is 40.4 Å². The van der Waals surface area contributed by atoms with Crippen molar-refractivity contribution in [3.05, 3.63) is 101 Å². The average molecular weight is 467 g/mol. The normalized spacial score (nSPS) is 19.7. The molecule has 0 saturated carbocycles. The maximum atomic E-state index is 13.8. The predicted octanol–water partition coefficient (Wildman–Crippen LogP) is 7.36. The van der Waals surface area contributed by atoms with Gasteiger partial charge in [0.05, 0.1) is 24.0 Å². The summed E-state index contributed by atoms with van der Waals surface area (Å²) in [6.45, 7) is 9.24. The molecule has 0 aromatic heterocycles. The van der Waals surface area contributed by atoms with Crippen LogP contribution in [-0.2, 0) is 10.2 Å². The minimum atomic E-state index is -0.277. The number of hydrogen-bond donors (Lipinski definition) is 2. The molecule has 2 unspecified atom stereocenters. The van der Waals surface area contributed by atoms with Crippen molar-refractivity contribution in [2.45, 2.75) is 57.9 Å². The molecule has 4 heteroatoms. The molecule has 1 aliphatic heterocycles. The Balaban J connectivity index is 1.57. The molecule has 180 valence electrons. The van der Waals surface area contributed by atoms with Gasteiger partial charge in [-0.15, -0.1) is 0 Å². The van der Waals surface area contributed by atoms with Gasteiger partial charge in [0.2, 0.25) is 0 Å². The molecule has 0 amide bonds. The van der Waals surface area contributed by atoms with Crippen LogP contribution >= 0.6 is 0 Å². The van der Waals surface area contributed by atoms with Crippen molar-refractivity contribution in [1.29, 1.82) is 0 Å². The van der Waals surface area contributed by atoms with Crippen LogP contribution in [0.3, 0.4) is 0 Å². The molecule has 2 aliphatic rings. The predicted molar refractivity (Wildman–Crippen MR) is 143 cm³/mol. The van der Waals surface area contributed by atoms with Crippen LogP contribution in [0.25, 0.3) is 0 Å². The Kier molecular flexibility index (Phi) is 6.14. The van der Waals surface area contributed by atoms with E-state index in [1.165, 1.54) is 11.1 Å².